The maximum Gasteiger partial charge on any atom is 0.241 e. The van der Waals surface area contributed by atoms with Crippen LogP contribution in [0.4, 0.5) is 5.69 Å². The zero-order valence-electron chi connectivity index (χ0n) is 15.6. The molecule has 0 aromatic heterocycles. The van der Waals surface area contributed by atoms with Crippen LogP contribution in [0.2, 0.25) is 0 Å². The molecule has 4 rings (SSSR count). The molecule has 2 atom stereocenters. The second kappa shape index (κ2) is 6.77. The molecule has 27 heavy (non-hydrogen) atoms. The lowest BCUT2D eigenvalue weighted by Gasteiger charge is -2.26. The molecule has 1 aliphatic carbocycles. The third kappa shape index (κ3) is 3.28. The van der Waals surface area contributed by atoms with Crippen LogP contribution < -0.4 is 9.62 Å². The number of hydrogen-bond donors (Lipinski definition) is 1. The molecular weight excluding hydrogens is 360 g/mol. The second-order valence-electron chi connectivity index (χ2n) is 7.50. The van der Waals surface area contributed by atoms with Crippen molar-refractivity contribution in [2.24, 2.45) is 0 Å². The molecule has 1 N–H and O–H groups in total. The Labute approximate surface area is 160 Å². The molecule has 1 heterocycles. The number of fused-ring (bicyclic) bond motifs is 2. The summed E-state index contributed by atoms with van der Waals surface area (Å²) in [5.74, 6) is -0.0196. The third-order valence-corrected chi connectivity index (χ3v) is 7.05. The van der Waals surface area contributed by atoms with Crippen molar-refractivity contribution in [3.8, 4) is 0 Å². The first-order valence-electron chi connectivity index (χ1n) is 9.39. The van der Waals surface area contributed by atoms with E-state index in [1.165, 1.54) is 5.56 Å². The molecule has 0 spiro atoms. The van der Waals surface area contributed by atoms with Gasteiger partial charge in [0.25, 0.3) is 0 Å². The van der Waals surface area contributed by atoms with Gasteiger partial charge in [0.15, 0.2) is 0 Å². The Balaban J connectivity index is 1.63. The number of hydrogen-bond acceptors (Lipinski definition) is 3. The van der Waals surface area contributed by atoms with E-state index in [9.17, 15) is 13.2 Å². The quantitative estimate of drug-likeness (QED) is 0.883. The Kier molecular flexibility index (Phi) is 4.56. The summed E-state index contributed by atoms with van der Waals surface area (Å²) in [7, 11) is -3.63. The maximum atomic E-state index is 13.0. The van der Waals surface area contributed by atoms with Crippen LogP contribution in [0.25, 0.3) is 0 Å². The van der Waals surface area contributed by atoms with Gasteiger partial charge in [-0.15, -0.1) is 0 Å². The monoisotopic (exact) mass is 384 g/mol. The number of benzene rings is 2. The Bertz CT molecular complexity index is 1000. The number of nitrogens with zero attached hydrogens (tertiary/aromatic N) is 1. The van der Waals surface area contributed by atoms with E-state index >= 15 is 0 Å². The van der Waals surface area contributed by atoms with Gasteiger partial charge in [-0.05, 0) is 67.5 Å². The predicted octanol–water partition coefficient (Wildman–Crippen LogP) is 3.34. The molecule has 0 saturated heterocycles. The molecule has 2 aromatic rings. The topological polar surface area (TPSA) is 66.5 Å². The summed E-state index contributed by atoms with van der Waals surface area (Å²) in [6, 6.07) is 13.0. The van der Waals surface area contributed by atoms with Crippen LogP contribution in [-0.4, -0.2) is 20.4 Å². The minimum atomic E-state index is -3.63. The smallest absolute Gasteiger partial charge is 0.241 e. The van der Waals surface area contributed by atoms with E-state index < -0.39 is 10.0 Å². The van der Waals surface area contributed by atoms with Crippen molar-refractivity contribution in [3.05, 3.63) is 59.2 Å². The lowest BCUT2D eigenvalue weighted by molar-refractivity contribution is -0.116. The largest absolute Gasteiger partial charge is 0.309 e. The fourth-order valence-corrected chi connectivity index (χ4v) is 5.69. The van der Waals surface area contributed by atoms with Crippen LogP contribution in [0.5, 0.6) is 0 Å². The molecule has 142 valence electrons. The highest BCUT2D eigenvalue weighted by molar-refractivity contribution is 7.89. The predicted molar refractivity (Wildman–Crippen MR) is 105 cm³/mol. The summed E-state index contributed by atoms with van der Waals surface area (Å²) >= 11 is 0. The van der Waals surface area contributed by atoms with Crippen molar-refractivity contribution in [1.82, 2.24) is 4.72 Å². The Morgan fingerprint density at radius 2 is 1.93 bits per heavy atom. The Morgan fingerprint density at radius 3 is 2.70 bits per heavy atom. The second-order valence-corrected chi connectivity index (χ2v) is 9.21. The van der Waals surface area contributed by atoms with E-state index in [1.807, 2.05) is 25.1 Å². The van der Waals surface area contributed by atoms with Crippen molar-refractivity contribution in [2.45, 2.75) is 56.5 Å². The summed E-state index contributed by atoms with van der Waals surface area (Å²) in [6.07, 6.45) is 3.44. The van der Waals surface area contributed by atoms with Gasteiger partial charge in [0, 0.05) is 24.7 Å². The van der Waals surface area contributed by atoms with Crippen LogP contribution in [-0.2, 0) is 27.7 Å². The molecule has 0 saturated carbocycles. The van der Waals surface area contributed by atoms with E-state index in [0.29, 0.717) is 6.42 Å². The van der Waals surface area contributed by atoms with Crippen molar-refractivity contribution < 1.29 is 13.2 Å². The van der Waals surface area contributed by atoms with Gasteiger partial charge in [-0.1, -0.05) is 24.3 Å². The number of sulfonamides is 1. The molecule has 6 heteroatoms. The molecular formula is C21H24N2O3S. The first kappa shape index (κ1) is 18.2. The van der Waals surface area contributed by atoms with Crippen LogP contribution in [0.3, 0.4) is 0 Å². The lowest BCUT2D eigenvalue weighted by Crippen LogP contribution is -2.33. The molecule has 0 unspecified atom stereocenters. The molecule has 1 amide bonds. The van der Waals surface area contributed by atoms with E-state index in [-0.39, 0.29) is 22.9 Å². The zero-order chi connectivity index (χ0) is 19.2. The van der Waals surface area contributed by atoms with Crippen molar-refractivity contribution in [2.75, 3.05) is 4.90 Å². The van der Waals surface area contributed by atoms with Gasteiger partial charge in [0.05, 0.1) is 4.90 Å². The minimum absolute atomic E-state index is 0.0196. The number of aryl methyl sites for hydroxylation is 1. The first-order valence-corrected chi connectivity index (χ1v) is 10.9. The van der Waals surface area contributed by atoms with Crippen LogP contribution in [0, 0.1) is 0 Å². The fourth-order valence-electron chi connectivity index (χ4n) is 4.39. The number of rotatable bonds is 3. The molecule has 0 radical (unpaired) electrons. The fraction of sp³-hybridized carbons (Fsp3) is 0.381. The zero-order valence-corrected chi connectivity index (χ0v) is 16.4. The normalized spacial score (nSPS) is 21.6. The third-order valence-electron chi connectivity index (χ3n) is 5.58. The standard InChI is InChI=1S/C21H24N2O3S/c1-14-12-17-13-18(10-11-21(17)23(14)15(2)24)27(25,26)22-20-9-5-7-16-6-3-4-8-19(16)20/h3-4,6,8,10-11,13-14,20,22H,5,7,9,12H2,1-2H3/t14-,20+/m0/s1. The van der Waals surface area contributed by atoms with Crippen molar-refractivity contribution in [1.29, 1.82) is 0 Å². The van der Waals surface area contributed by atoms with E-state index in [0.717, 1.165) is 36.1 Å². The van der Waals surface area contributed by atoms with Gasteiger partial charge in [-0.25, -0.2) is 13.1 Å². The molecule has 0 bridgehead atoms. The lowest BCUT2D eigenvalue weighted by atomic mass is 9.88. The van der Waals surface area contributed by atoms with Gasteiger partial charge < -0.3 is 4.90 Å². The molecule has 1 aliphatic heterocycles. The van der Waals surface area contributed by atoms with Crippen LogP contribution >= 0.6 is 0 Å². The average molecular weight is 385 g/mol. The van der Waals surface area contributed by atoms with Gasteiger partial charge in [0.2, 0.25) is 15.9 Å². The summed E-state index contributed by atoms with van der Waals surface area (Å²) in [5.41, 5.74) is 4.02. The van der Waals surface area contributed by atoms with Gasteiger partial charge in [0.1, 0.15) is 0 Å². The number of amides is 1. The van der Waals surface area contributed by atoms with E-state index in [2.05, 4.69) is 10.8 Å². The van der Waals surface area contributed by atoms with Crippen molar-refractivity contribution >= 4 is 21.6 Å². The number of anilines is 1. The molecule has 2 aliphatic rings. The van der Waals surface area contributed by atoms with Crippen LogP contribution in [0.15, 0.2) is 47.4 Å². The number of carbonyl (C=O) groups excluding carboxylic acids is 1. The molecule has 0 fully saturated rings. The van der Waals surface area contributed by atoms with Crippen LogP contribution in [0.1, 0.15) is 49.4 Å². The minimum Gasteiger partial charge on any atom is -0.309 e. The maximum absolute atomic E-state index is 13.0. The molecule has 2 aromatic carbocycles. The molecule has 5 nitrogen and oxygen atoms in total. The van der Waals surface area contributed by atoms with E-state index in [4.69, 9.17) is 0 Å². The highest BCUT2D eigenvalue weighted by atomic mass is 32.2. The Morgan fingerprint density at radius 1 is 1.15 bits per heavy atom. The summed E-state index contributed by atoms with van der Waals surface area (Å²) in [5, 5.41) is 0. The SMILES string of the molecule is CC(=O)N1c2ccc(S(=O)(=O)N[C@@H]3CCCc4ccccc43)cc2C[C@@H]1C. The Hall–Kier alpha value is -2.18. The van der Waals surface area contributed by atoms with Gasteiger partial charge in [-0.3, -0.25) is 4.79 Å². The van der Waals surface area contributed by atoms with Gasteiger partial charge in [-0.2, -0.15) is 0 Å². The van der Waals surface area contributed by atoms with Crippen molar-refractivity contribution in [3.63, 3.8) is 0 Å². The summed E-state index contributed by atoms with van der Waals surface area (Å²) in [4.78, 5) is 13.9. The van der Waals surface area contributed by atoms with Gasteiger partial charge >= 0.3 is 0 Å². The number of nitrogens with one attached hydrogen (secondary N) is 1. The highest BCUT2D eigenvalue weighted by Gasteiger charge is 2.31. The summed E-state index contributed by atoms with van der Waals surface area (Å²) in [6.45, 7) is 3.52. The highest BCUT2D eigenvalue weighted by Crippen LogP contribution is 2.35. The average Bonchev–Trinajstić information content (AvgIpc) is 2.97. The summed E-state index contributed by atoms with van der Waals surface area (Å²) < 4.78 is 28.9. The number of carbonyl (C=O) groups is 1. The first-order chi connectivity index (χ1) is 12.9. The van der Waals surface area contributed by atoms with E-state index in [1.54, 1.807) is 30.0 Å².